The largest absolute Gasteiger partial charge is 0.356 e. The lowest BCUT2D eigenvalue weighted by Crippen LogP contribution is -2.30. The average Bonchev–Trinajstić information content (AvgIpc) is 2.74. The first-order valence-electron chi connectivity index (χ1n) is 9.54. The van der Waals surface area contributed by atoms with Gasteiger partial charge in [0.15, 0.2) is 0 Å². The van der Waals surface area contributed by atoms with Gasteiger partial charge in [-0.05, 0) is 54.4 Å². The van der Waals surface area contributed by atoms with Gasteiger partial charge in [0.25, 0.3) is 5.91 Å². The molecule has 0 fully saturated rings. The summed E-state index contributed by atoms with van der Waals surface area (Å²) in [5.41, 5.74) is 2.87. The van der Waals surface area contributed by atoms with Crippen molar-refractivity contribution in [3.63, 3.8) is 0 Å². The second-order valence-corrected chi connectivity index (χ2v) is 6.68. The van der Waals surface area contributed by atoms with Gasteiger partial charge in [0.1, 0.15) is 5.82 Å². The number of rotatable bonds is 7. The molecular formula is C24H23FN2O2. The van der Waals surface area contributed by atoms with E-state index in [9.17, 15) is 14.0 Å². The second kappa shape index (κ2) is 9.64. The first kappa shape index (κ1) is 20.3. The summed E-state index contributed by atoms with van der Waals surface area (Å²) in [4.78, 5) is 26.8. The average molecular weight is 390 g/mol. The van der Waals surface area contributed by atoms with Crippen LogP contribution in [-0.2, 0) is 17.8 Å². The second-order valence-electron chi connectivity index (χ2n) is 6.68. The third-order valence-electron chi connectivity index (χ3n) is 4.48. The van der Waals surface area contributed by atoms with Gasteiger partial charge < -0.3 is 10.2 Å². The van der Waals surface area contributed by atoms with Gasteiger partial charge in [0, 0.05) is 17.8 Å². The first-order valence-corrected chi connectivity index (χ1v) is 9.54. The molecule has 0 aliphatic heterocycles. The molecule has 29 heavy (non-hydrogen) atoms. The van der Waals surface area contributed by atoms with Crippen molar-refractivity contribution in [1.29, 1.82) is 0 Å². The van der Waals surface area contributed by atoms with Crippen LogP contribution in [0.4, 0.5) is 10.1 Å². The van der Waals surface area contributed by atoms with Crippen molar-refractivity contribution in [2.45, 2.75) is 19.9 Å². The van der Waals surface area contributed by atoms with Gasteiger partial charge in [-0.1, -0.05) is 42.5 Å². The molecule has 4 nitrogen and oxygen atoms in total. The molecule has 148 valence electrons. The Hall–Kier alpha value is -3.47. The monoisotopic (exact) mass is 390 g/mol. The van der Waals surface area contributed by atoms with Crippen molar-refractivity contribution in [3.8, 4) is 0 Å². The highest BCUT2D eigenvalue weighted by Crippen LogP contribution is 2.22. The Morgan fingerprint density at radius 3 is 2.31 bits per heavy atom. The molecule has 0 aliphatic carbocycles. The Kier molecular flexibility index (Phi) is 6.74. The molecule has 0 aliphatic rings. The third-order valence-corrected chi connectivity index (χ3v) is 4.48. The lowest BCUT2D eigenvalue weighted by Gasteiger charge is -2.24. The quantitative estimate of drug-likeness (QED) is 0.652. The Labute approximate surface area is 170 Å². The molecule has 3 rings (SSSR count). The Morgan fingerprint density at radius 1 is 0.897 bits per heavy atom. The van der Waals surface area contributed by atoms with Gasteiger partial charge in [0.2, 0.25) is 5.91 Å². The zero-order chi connectivity index (χ0) is 20.6. The molecule has 0 radical (unpaired) electrons. The van der Waals surface area contributed by atoms with E-state index in [0.29, 0.717) is 24.3 Å². The molecular weight excluding hydrogens is 367 g/mol. The fourth-order valence-corrected chi connectivity index (χ4v) is 3.07. The van der Waals surface area contributed by atoms with Crippen LogP contribution in [0.3, 0.4) is 0 Å². The van der Waals surface area contributed by atoms with Crippen molar-refractivity contribution >= 4 is 17.5 Å². The molecule has 0 unspecified atom stereocenters. The molecule has 3 aromatic rings. The lowest BCUT2D eigenvalue weighted by atomic mass is 10.1. The number of carbonyl (C=O) groups is 2. The summed E-state index contributed by atoms with van der Waals surface area (Å²) in [6, 6.07) is 22.5. The van der Waals surface area contributed by atoms with Gasteiger partial charge in [-0.2, -0.15) is 0 Å². The van der Waals surface area contributed by atoms with Gasteiger partial charge in [-0.3, -0.25) is 9.59 Å². The van der Waals surface area contributed by atoms with Crippen molar-refractivity contribution < 1.29 is 14.0 Å². The van der Waals surface area contributed by atoms with E-state index in [0.717, 1.165) is 11.1 Å². The topological polar surface area (TPSA) is 49.4 Å². The number of benzene rings is 3. The maximum Gasteiger partial charge on any atom is 0.258 e. The predicted molar refractivity (Wildman–Crippen MR) is 112 cm³/mol. The summed E-state index contributed by atoms with van der Waals surface area (Å²) in [7, 11) is 0. The van der Waals surface area contributed by atoms with E-state index in [1.807, 2.05) is 49.4 Å². The number of likely N-dealkylation sites (N-methyl/N-ethyl adjacent to an activating group) is 1. The van der Waals surface area contributed by atoms with E-state index in [1.165, 1.54) is 12.1 Å². The summed E-state index contributed by atoms with van der Waals surface area (Å²) in [5, 5.41) is 2.78. The summed E-state index contributed by atoms with van der Waals surface area (Å²) in [6.07, 6.45) is 0.242. The fraction of sp³-hybridized carbons (Fsp3) is 0.167. The predicted octanol–water partition coefficient (Wildman–Crippen LogP) is 4.35. The van der Waals surface area contributed by atoms with Crippen LogP contribution < -0.4 is 10.2 Å². The number of hydrogen-bond acceptors (Lipinski definition) is 2. The van der Waals surface area contributed by atoms with Crippen LogP contribution in [-0.4, -0.2) is 18.4 Å². The smallest absolute Gasteiger partial charge is 0.258 e. The molecule has 0 saturated carbocycles. The Bertz CT molecular complexity index is 972. The van der Waals surface area contributed by atoms with E-state index < -0.39 is 0 Å². The minimum Gasteiger partial charge on any atom is -0.356 e. The van der Waals surface area contributed by atoms with Gasteiger partial charge in [0.05, 0.1) is 13.0 Å². The van der Waals surface area contributed by atoms with Gasteiger partial charge >= 0.3 is 0 Å². The minimum absolute atomic E-state index is 0.0656. The van der Waals surface area contributed by atoms with Crippen LogP contribution in [0, 0.1) is 5.82 Å². The van der Waals surface area contributed by atoms with Crippen LogP contribution in [0.25, 0.3) is 0 Å². The maximum absolute atomic E-state index is 13.3. The van der Waals surface area contributed by atoms with E-state index >= 15 is 0 Å². The van der Waals surface area contributed by atoms with Crippen LogP contribution in [0.15, 0.2) is 78.9 Å². The van der Waals surface area contributed by atoms with E-state index in [2.05, 4.69) is 5.32 Å². The van der Waals surface area contributed by atoms with Crippen LogP contribution in [0.1, 0.15) is 28.4 Å². The number of nitrogens with zero attached hydrogens (tertiary/aromatic N) is 1. The number of halogens is 1. The summed E-state index contributed by atoms with van der Waals surface area (Å²) < 4.78 is 13.3. The molecule has 0 atom stereocenters. The SMILES string of the molecule is CCNC(=O)Cc1cccc(N(Cc2ccc(F)cc2)C(=O)c2ccccc2)c1. The number of hydrogen-bond donors (Lipinski definition) is 1. The summed E-state index contributed by atoms with van der Waals surface area (Å²) in [6.45, 7) is 2.73. The first-order chi connectivity index (χ1) is 14.1. The van der Waals surface area contributed by atoms with Crippen LogP contribution in [0.2, 0.25) is 0 Å². The summed E-state index contributed by atoms with van der Waals surface area (Å²) in [5.74, 6) is -0.548. The van der Waals surface area contributed by atoms with Gasteiger partial charge in [-0.25, -0.2) is 4.39 Å². The molecule has 2 amide bonds. The normalized spacial score (nSPS) is 10.4. The molecule has 0 bridgehead atoms. The van der Waals surface area contributed by atoms with Crippen LogP contribution in [0.5, 0.6) is 0 Å². The van der Waals surface area contributed by atoms with Crippen molar-refractivity contribution in [2.75, 3.05) is 11.4 Å². The molecule has 0 aromatic heterocycles. The summed E-state index contributed by atoms with van der Waals surface area (Å²) >= 11 is 0. The number of anilines is 1. The lowest BCUT2D eigenvalue weighted by molar-refractivity contribution is -0.120. The fourth-order valence-electron chi connectivity index (χ4n) is 3.07. The van der Waals surface area contributed by atoms with Crippen molar-refractivity contribution in [1.82, 2.24) is 5.32 Å². The van der Waals surface area contributed by atoms with Crippen LogP contribution >= 0.6 is 0 Å². The maximum atomic E-state index is 13.3. The van der Waals surface area contributed by atoms with E-state index in [-0.39, 0.29) is 24.1 Å². The highest BCUT2D eigenvalue weighted by Gasteiger charge is 2.19. The molecule has 0 heterocycles. The zero-order valence-corrected chi connectivity index (χ0v) is 16.3. The van der Waals surface area contributed by atoms with Crippen molar-refractivity contribution in [3.05, 3.63) is 101 Å². The standard InChI is InChI=1S/C24H23FN2O2/c1-2-26-23(28)16-19-7-6-10-22(15-19)27(17-18-11-13-21(25)14-12-18)24(29)20-8-4-3-5-9-20/h3-15H,2,16-17H2,1H3,(H,26,28). The number of carbonyl (C=O) groups excluding carboxylic acids is 2. The van der Waals surface area contributed by atoms with E-state index in [4.69, 9.17) is 0 Å². The highest BCUT2D eigenvalue weighted by molar-refractivity contribution is 6.06. The molecule has 5 heteroatoms. The Balaban J connectivity index is 1.93. The third kappa shape index (κ3) is 5.51. The van der Waals surface area contributed by atoms with Crippen molar-refractivity contribution in [2.24, 2.45) is 0 Å². The zero-order valence-electron chi connectivity index (χ0n) is 16.3. The van der Waals surface area contributed by atoms with Gasteiger partial charge in [-0.15, -0.1) is 0 Å². The number of amides is 2. The molecule has 3 aromatic carbocycles. The molecule has 0 saturated heterocycles. The highest BCUT2D eigenvalue weighted by atomic mass is 19.1. The molecule has 1 N–H and O–H groups in total. The Morgan fingerprint density at radius 2 is 1.62 bits per heavy atom. The molecule has 0 spiro atoms. The number of nitrogens with one attached hydrogen (secondary N) is 1. The van der Waals surface area contributed by atoms with E-state index in [1.54, 1.807) is 29.2 Å². The minimum atomic E-state index is -0.321.